The van der Waals surface area contributed by atoms with Crippen LogP contribution in [-0.2, 0) is 0 Å². The van der Waals surface area contributed by atoms with Gasteiger partial charge in [0.25, 0.3) is 0 Å². The van der Waals surface area contributed by atoms with Crippen LogP contribution in [0.25, 0.3) is 28.2 Å². The molecule has 2 heteroatoms. The minimum absolute atomic E-state index is 0.970. The summed E-state index contributed by atoms with van der Waals surface area (Å²) in [5.74, 6) is 0. The number of benzene rings is 2. The minimum Gasteiger partial charge on any atom is -0.299 e. The van der Waals surface area contributed by atoms with Crippen molar-refractivity contribution in [2.75, 3.05) is 0 Å². The van der Waals surface area contributed by atoms with Gasteiger partial charge in [0.2, 0.25) is 0 Å². The Morgan fingerprint density at radius 1 is 0.773 bits per heavy atom. The molecule has 0 aliphatic carbocycles. The van der Waals surface area contributed by atoms with Crippen LogP contribution in [0.2, 0.25) is 0 Å². The number of pyridine rings is 1. The van der Waals surface area contributed by atoms with E-state index in [4.69, 9.17) is 4.98 Å². The lowest BCUT2D eigenvalue weighted by Gasteiger charge is -2.06. The molecule has 0 unspecified atom stereocenters. The maximum atomic E-state index is 4.86. The van der Waals surface area contributed by atoms with Gasteiger partial charge >= 0.3 is 0 Å². The normalized spacial score (nSPS) is 11.0. The average molecular weight is 284 g/mol. The first-order valence-corrected chi connectivity index (χ1v) is 7.42. The zero-order valence-electron chi connectivity index (χ0n) is 12.4. The van der Waals surface area contributed by atoms with Gasteiger partial charge in [0.15, 0.2) is 0 Å². The van der Waals surface area contributed by atoms with Crippen LogP contribution in [0, 0.1) is 6.92 Å². The van der Waals surface area contributed by atoms with Gasteiger partial charge in [-0.05, 0) is 25.1 Å². The lowest BCUT2D eigenvalue weighted by molar-refractivity contribution is 1.19. The Hall–Kier alpha value is -2.87. The van der Waals surface area contributed by atoms with Gasteiger partial charge in [-0.2, -0.15) is 0 Å². The van der Waals surface area contributed by atoms with E-state index in [-0.39, 0.29) is 0 Å². The number of hydrogen-bond acceptors (Lipinski definition) is 1. The second kappa shape index (κ2) is 5.15. The Labute approximate surface area is 129 Å². The molecule has 0 aliphatic heterocycles. The highest BCUT2D eigenvalue weighted by Crippen LogP contribution is 2.32. The van der Waals surface area contributed by atoms with Crippen molar-refractivity contribution < 1.29 is 0 Å². The van der Waals surface area contributed by atoms with Crippen molar-refractivity contribution in [3.05, 3.63) is 84.6 Å². The third-order valence-corrected chi connectivity index (χ3v) is 3.87. The molecule has 2 nitrogen and oxygen atoms in total. The summed E-state index contributed by atoms with van der Waals surface area (Å²) < 4.78 is 2.16. The number of imidazole rings is 1. The van der Waals surface area contributed by atoms with Crippen molar-refractivity contribution in [1.82, 2.24) is 9.38 Å². The van der Waals surface area contributed by atoms with E-state index in [0.29, 0.717) is 0 Å². The monoisotopic (exact) mass is 284 g/mol. The number of aromatic nitrogens is 2. The van der Waals surface area contributed by atoms with Gasteiger partial charge in [0.05, 0.1) is 11.4 Å². The highest BCUT2D eigenvalue weighted by molar-refractivity contribution is 5.82. The largest absolute Gasteiger partial charge is 0.299 e. The van der Waals surface area contributed by atoms with E-state index in [1.807, 2.05) is 24.3 Å². The van der Waals surface area contributed by atoms with E-state index in [0.717, 1.165) is 22.6 Å². The van der Waals surface area contributed by atoms with Gasteiger partial charge in [-0.25, -0.2) is 4.98 Å². The molecule has 0 saturated heterocycles. The van der Waals surface area contributed by atoms with Crippen molar-refractivity contribution in [2.45, 2.75) is 6.92 Å². The summed E-state index contributed by atoms with van der Waals surface area (Å²) in [5.41, 5.74) is 6.72. The number of fused-ring (bicyclic) bond motifs is 1. The van der Waals surface area contributed by atoms with Gasteiger partial charge in [0, 0.05) is 17.3 Å². The molecule has 0 atom stereocenters. The molecule has 4 aromatic rings. The van der Waals surface area contributed by atoms with Crippen molar-refractivity contribution in [1.29, 1.82) is 0 Å². The van der Waals surface area contributed by atoms with Gasteiger partial charge in [-0.3, -0.25) is 4.40 Å². The smallest absolute Gasteiger partial charge is 0.137 e. The molecule has 0 fully saturated rings. The summed E-state index contributed by atoms with van der Waals surface area (Å²) >= 11 is 0. The molecular weight excluding hydrogens is 268 g/mol. The van der Waals surface area contributed by atoms with Crippen molar-refractivity contribution in [2.24, 2.45) is 0 Å². The van der Waals surface area contributed by atoms with E-state index in [2.05, 4.69) is 66.1 Å². The fourth-order valence-corrected chi connectivity index (χ4v) is 2.86. The van der Waals surface area contributed by atoms with Crippen LogP contribution in [-0.4, -0.2) is 9.38 Å². The van der Waals surface area contributed by atoms with Crippen LogP contribution in [0.3, 0.4) is 0 Å². The lowest BCUT2D eigenvalue weighted by atomic mass is 10.0. The standard InChI is InChI=1S/C20H16N2/c1-15-8-7-11-17(14-15)19-20(16-9-3-2-4-10-16)22-13-6-5-12-18(22)21-19/h2-14H,1H3. The minimum atomic E-state index is 0.970. The molecule has 0 radical (unpaired) electrons. The van der Waals surface area contributed by atoms with Crippen molar-refractivity contribution in [3.63, 3.8) is 0 Å². The quantitative estimate of drug-likeness (QED) is 0.507. The molecule has 2 aromatic carbocycles. The van der Waals surface area contributed by atoms with E-state index in [1.165, 1.54) is 11.1 Å². The van der Waals surface area contributed by atoms with Crippen LogP contribution in [0.1, 0.15) is 5.56 Å². The summed E-state index contributed by atoms with van der Waals surface area (Å²) in [5, 5.41) is 0. The van der Waals surface area contributed by atoms with Crippen LogP contribution in [0.15, 0.2) is 79.0 Å². The lowest BCUT2D eigenvalue weighted by Crippen LogP contribution is -1.89. The summed E-state index contributed by atoms with van der Waals surface area (Å²) in [6, 6.07) is 25.1. The summed E-state index contributed by atoms with van der Waals surface area (Å²) in [7, 11) is 0. The Bertz CT molecular complexity index is 936. The van der Waals surface area contributed by atoms with E-state index >= 15 is 0 Å². The number of hydrogen-bond donors (Lipinski definition) is 0. The fraction of sp³-hybridized carbons (Fsp3) is 0.0500. The molecule has 0 N–H and O–H groups in total. The number of aryl methyl sites for hydroxylation is 1. The second-order valence-electron chi connectivity index (χ2n) is 5.47. The molecule has 106 valence electrons. The van der Waals surface area contributed by atoms with Gasteiger partial charge in [0.1, 0.15) is 5.65 Å². The van der Waals surface area contributed by atoms with E-state index < -0.39 is 0 Å². The molecule has 0 spiro atoms. The predicted molar refractivity (Wildman–Crippen MR) is 90.8 cm³/mol. The third kappa shape index (κ3) is 2.09. The van der Waals surface area contributed by atoms with Crippen LogP contribution < -0.4 is 0 Å². The zero-order chi connectivity index (χ0) is 14.9. The Balaban J connectivity index is 2.06. The molecular formula is C20H16N2. The second-order valence-corrected chi connectivity index (χ2v) is 5.47. The average Bonchev–Trinajstić information content (AvgIpc) is 2.95. The zero-order valence-corrected chi connectivity index (χ0v) is 12.4. The topological polar surface area (TPSA) is 17.3 Å². The van der Waals surface area contributed by atoms with E-state index in [9.17, 15) is 0 Å². The van der Waals surface area contributed by atoms with Gasteiger partial charge < -0.3 is 0 Å². The maximum Gasteiger partial charge on any atom is 0.137 e. The van der Waals surface area contributed by atoms with Crippen LogP contribution in [0.4, 0.5) is 0 Å². The Morgan fingerprint density at radius 2 is 1.55 bits per heavy atom. The fourth-order valence-electron chi connectivity index (χ4n) is 2.86. The van der Waals surface area contributed by atoms with Crippen LogP contribution >= 0.6 is 0 Å². The first-order valence-electron chi connectivity index (χ1n) is 7.42. The summed E-state index contributed by atoms with van der Waals surface area (Å²) in [6.45, 7) is 2.11. The maximum absolute atomic E-state index is 4.86. The van der Waals surface area contributed by atoms with E-state index in [1.54, 1.807) is 0 Å². The molecule has 0 bridgehead atoms. The molecule has 0 aliphatic rings. The Kier molecular flexibility index (Phi) is 3.01. The molecule has 2 aromatic heterocycles. The number of nitrogens with zero attached hydrogens (tertiary/aromatic N) is 2. The number of rotatable bonds is 2. The SMILES string of the molecule is Cc1cccc(-c2nc3ccccn3c2-c2ccccc2)c1. The molecule has 0 amide bonds. The molecule has 2 heterocycles. The van der Waals surface area contributed by atoms with Gasteiger partial charge in [-0.1, -0.05) is 60.2 Å². The third-order valence-electron chi connectivity index (χ3n) is 3.87. The molecule has 0 saturated carbocycles. The van der Waals surface area contributed by atoms with Gasteiger partial charge in [-0.15, -0.1) is 0 Å². The van der Waals surface area contributed by atoms with Crippen molar-refractivity contribution >= 4 is 5.65 Å². The first-order chi connectivity index (χ1) is 10.8. The van der Waals surface area contributed by atoms with Crippen LogP contribution in [0.5, 0.6) is 0 Å². The molecule has 4 rings (SSSR count). The Morgan fingerprint density at radius 3 is 2.36 bits per heavy atom. The summed E-state index contributed by atoms with van der Waals surface area (Å²) in [6.07, 6.45) is 2.07. The summed E-state index contributed by atoms with van der Waals surface area (Å²) in [4.78, 5) is 4.86. The van der Waals surface area contributed by atoms with Crippen molar-refractivity contribution in [3.8, 4) is 22.5 Å². The first kappa shape index (κ1) is 12.8. The molecule has 22 heavy (non-hydrogen) atoms. The highest BCUT2D eigenvalue weighted by atomic mass is 15.0. The highest BCUT2D eigenvalue weighted by Gasteiger charge is 2.15. The predicted octanol–water partition coefficient (Wildman–Crippen LogP) is 4.98.